The molecule has 7 heteroatoms. The van der Waals surface area contributed by atoms with Crippen molar-refractivity contribution < 1.29 is 19.2 Å². The number of carbonyl (C=O) groups is 4. The van der Waals surface area contributed by atoms with Crippen LogP contribution in [0.1, 0.15) is 33.6 Å². The second-order valence-corrected chi connectivity index (χ2v) is 4.81. The van der Waals surface area contributed by atoms with Crippen molar-refractivity contribution in [1.29, 1.82) is 0 Å². The van der Waals surface area contributed by atoms with E-state index in [1.54, 1.807) is 6.07 Å². The zero-order valence-electron chi connectivity index (χ0n) is 11.5. The van der Waals surface area contributed by atoms with Crippen LogP contribution in [-0.2, 0) is 9.59 Å². The van der Waals surface area contributed by atoms with Gasteiger partial charge in [-0.3, -0.25) is 24.5 Å². The summed E-state index contributed by atoms with van der Waals surface area (Å²) >= 11 is 0. The third-order valence-electron chi connectivity index (χ3n) is 3.49. The number of nitrogen functional groups attached to an aromatic ring is 1. The number of aldehydes is 1. The molecule has 7 nitrogen and oxygen atoms in total. The normalized spacial score (nSPS) is 18.0. The van der Waals surface area contributed by atoms with Crippen LogP contribution < -0.4 is 11.1 Å². The van der Waals surface area contributed by atoms with E-state index in [0.717, 1.165) is 0 Å². The Balaban J connectivity index is 2.28. The van der Waals surface area contributed by atoms with E-state index in [9.17, 15) is 19.2 Å². The Labute approximate surface area is 121 Å². The van der Waals surface area contributed by atoms with Gasteiger partial charge in [-0.25, -0.2) is 0 Å². The highest BCUT2D eigenvalue weighted by atomic mass is 16.2. The third-order valence-corrected chi connectivity index (χ3v) is 3.49. The number of nitrogens with zero attached hydrogens (tertiary/aromatic N) is 1. The minimum absolute atomic E-state index is 0.0987. The van der Waals surface area contributed by atoms with Gasteiger partial charge in [0.15, 0.2) is 6.29 Å². The van der Waals surface area contributed by atoms with Gasteiger partial charge in [-0.15, -0.1) is 0 Å². The van der Waals surface area contributed by atoms with Crippen molar-refractivity contribution in [2.45, 2.75) is 18.9 Å². The third kappa shape index (κ3) is 2.76. The Morgan fingerprint density at radius 2 is 2.14 bits per heavy atom. The minimum atomic E-state index is -0.740. The Kier molecular flexibility index (Phi) is 4.02. The molecule has 1 aromatic rings. The molecule has 0 bridgehead atoms. The molecular formula is C14H15N3O4. The molecule has 0 spiro atoms. The van der Waals surface area contributed by atoms with E-state index in [-0.39, 0.29) is 35.6 Å². The molecule has 0 aromatic heterocycles. The Hall–Kier alpha value is -2.70. The molecule has 3 amide bonds. The molecule has 1 aliphatic rings. The second-order valence-electron chi connectivity index (χ2n) is 4.81. The van der Waals surface area contributed by atoms with E-state index in [2.05, 4.69) is 5.32 Å². The maximum atomic E-state index is 12.4. The monoisotopic (exact) mass is 289 g/mol. The van der Waals surface area contributed by atoms with E-state index in [4.69, 9.17) is 5.73 Å². The molecule has 1 aliphatic heterocycles. The number of anilines is 1. The summed E-state index contributed by atoms with van der Waals surface area (Å²) in [4.78, 5) is 47.7. The molecular weight excluding hydrogens is 274 g/mol. The average Bonchev–Trinajstić information content (AvgIpc) is 2.45. The van der Waals surface area contributed by atoms with Crippen molar-refractivity contribution in [3.05, 3.63) is 29.3 Å². The number of rotatable bonds is 3. The molecule has 21 heavy (non-hydrogen) atoms. The van der Waals surface area contributed by atoms with Crippen LogP contribution in [0.4, 0.5) is 5.69 Å². The van der Waals surface area contributed by atoms with Crippen molar-refractivity contribution in [2.75, 3.05) is 12.8 Å². The van der Waals surface area contributed by atoms with Crippen molar-refractivity contribution in [1.82, 2.24) is 10.2 Å². The summed E-state index contributed by atoms with van der Waals surface area (Å²) in [5.74, 6) is -1.35. The summed E-state index contributed by atoms with van der Waals surface area (Å²) in [6.45, 7) is 0. The van der Waals surface area contributed by atoms with Gasteiger partial charge in [0.1, 0.15) is 6.04 Å². The number of nitrogens with one attached hydrogen (secondary N) is 1. The maximum Gasteiger partial charge on any atom is 0.255 e. The average molecular weight is 289 g/mol. The van der Waals surface area contributed by atoms with Gasteiger partial charge in [-0.05, 0) is 18.6 Å². The molecule has 0 radical (unpaired) electrons. The lowest BCUT2D eigenvalue weighted by atomic mass is 10.0. The summed E-state index contributed by atoms with van der Waals surface area (Å²) in [5.41, 5.74) is 6.10. The Bertz CT molecular complexity index is 627. The number of imide groups is 1. The summed E-state index contributed by atoms with van der Waals surface area (Å²) in [6.07, 6.45) is 0.942. The number of amides is 3. The van der Waals surface area contributed by atoms with Gasteiger partial charge in [-0.1, -0.05) is 6.07 Å². The number of nitrogens with two attached hydrogens (primary N) is 1. The Morgan fingerprint density at radius 1 is 1.43 bits per heavy atom. The SMILES string of the molecule is CN(C(=O)c1cccc(N)c1C=O)C1CCC(=O)NC1=O. The van der Waals surface area contributed by atoms with Crippen molar-refractivity contribution in [2.24, 2.45) is 0 Å². The topological polar surface area (TPSA) is 110 Å². The van der Waals surface area contributed by atoms with E-state index >= 15 is 0 Å². The summed E-state index contributed by atoms with van der Waals surface area (Å²) in [5, 5.41) is 2.19. The highest BCUT2D eigenvalue weighted by molar-refractivity contribution is 6.07. The highest BCUT2D eigenvalue weighted by Crippen LogP contribution is 2.19. The van der Waals surface area contributed by atoms with Crippen molar-refractivity contribution >= 4 is 29.7 Å². The number of likely N-dealkylation sites (N-methyl/N-ethyl adjacent to an activating group) is 1. The van der Waals surface area contributed by atoms with Gasteiger partial charge in [0.2, 0.25) is 11.8 Å². The quantitative estimate of drug-likeness (QED) is 0.461. The first-order valence-corrected chi connectivity index (χ1v) is 6.40. The first-order chi connectivity index (χ1) is 9.95. The number of piperidine rings is 1. The summed E-state index contributed by atoms with van der Waals surface area (Å²) in [7, 11) is 1.46. The lowest BCUT2D eigenvalue weighted by Gasteiger charge is -2.30. The zero-order valence-corrected chi connectivity index (χ0v) is 11.5. The van der Waals surface area contributed by atoms with Crippen molar-refractivity contribution in [3.8, 4) is 0 Å². The van der Waals surface area contributed by atoms with Crippen LogP contribution >= 0.6 is 0 Å². The molecule has 3 N–H and O–H groups in total. The number of benzene rings is 1. The molecule has 1 aromatic carbocycles. The fourth-order valence-corrected chi connectivity index (χ4v) is 2.28. The molecule has 0 saturated carbocycles. The molecule has 2 rings (SSSR count). The van der Waals surface area contributed by atoms with Crippen LogP contribution in [0.15, 0.2) is 18.2 Å². The maximum absolute atomic E-state index is 12.4. The lowest BCUT2D eigenvalue weighted by Crippen LogP contribution is -2.53. The molecule has 1 heterocycles. The number of hydrogen-bond acceptors (Lipinski definition) is 5. The van der Waals surface area contributed by atoms with Crippen LogP contribution in [0, 0.1) is 0 Å². The Morgan fingerprint density at radius 3 is 2.76 bits per heavy atom. The van der Waals surface area contributed by atoms with Gasteiger partial charge in [0, 0.05) is 24.7 Å². The van der Waals surface area contributed by atoms with Gasteiger partial charge in [0.05, 0.1) is 5.56 Å². The van der Waals surface area contributed by atoms with Gasteiger partial charge in [0.25, 0.3) is 5.91 Å². The fraction of sp³-hybridized carbons (Fsp3) is 0.286. The standard InChI is InChI=1S/C14H15N3O4/c1-17(11-5-6-12(19)16-13(11)20)14(21)8-3-2-4-10(15)9(8)7-18/h2-4,7,11H,5-6,15H2,1H3,(H,16,19,20). The molecule has 110 valence electrons. The van der Waals surface area contributed by atoms with Crippen LogP contribution in [0.5, 0.6) is 0 Å². The van der Waals surface area contributed by atoms with E-state index in [1.165, 1.54) is 24.1 Å². The van der Waals surface area contributed by atoms with Crippen LogP contribution in [0.3, 0.4) is 0 Å². The predicted molar refractivity (Wildman–Crippen MR) is 74.5 cm³/mol. The number of hydrogen-bond donors (Lipinski definition) is 2. The molecule has 1 atom stereocenters. The smallest absolute Gasteiger partial charge is 0.255 e. The van der Waals surface area contributed by atoms with Gasteiger partial charge in [-0.2, -0.15) is 0 Å². The summed E-state index contributed by atoms with van der Waals surface area (Å²) < 4.78 is 0. The second kappa shape index (κ2) is 5.74. The first-order valence-electron chi connectivity index (χ1n) is 6.40. The largest absolute Gasteiger partial charge is 0.398 e. The fourth-order valence-electron chi connectivity index (χ4n) is 2.28. The lowest BCUT2D eigenvalue weighted by molar-refractivity contribution is -0.136. The summed E-state index contributed by atoms with van der Waals surface area (Å²) in [6, 6.07) is 3.82. The van der Waals surface area contributed by atoms with E-state index in [0.29, 0.717) is 6.29 Å². The minimum Gasteiger partial charge on any atom is -0.398 e. The molecule has 0 aliphatic carbocycles. The van der Waals surface area contributed by atoms with E-state index < -0.39 is 17.9 Å². The predicted octanol–water partition coefficient (Wildman–Crippen LogP) is -0.0415. The van der Waals surface area contributed by atoms with Crippen molar-refractivity contribution in [3.63, 3.8) is 0 Å². The van der Waals surface area contributed by atoms with Crippen LogP contribution in [-0.4, -0.2) is 42.0 Å². The zero-order chi connectivity index (χ0) is 15.6. The van der Waals surface area contributed by atoms with Crippen LogP contribution in [0.2, 0.25) is 0 Å². The molecule has 1 unspecified atom stereocenters. The highest BCUT2D eigenvalue weighted by Gasteiger charge is 2.33. The molecule has 1 saturated heterocycles. The van der Waals surface area contributed by atoms with Gasteiger partial charge >= 0.3 is 0 Å². The molecule has 1 fully saturated rings. The first kappa shape index (κ1) is 14.7. The van der Waals surface area contributed by atoms with Gasteiger partial charge < -0.3 is 10.6 Å². The number of carbonyl (C=O) groups excluding carboxylic acids is 4. The van der Waals surface area contributed by atoms with E-state index in [1.807, 2.05) is 0 Å². The van der Waals surface area contributed by atoms with Crippen LogP contribution in [0.25, 0.3) is 0 Å².